The number of amides is 1. The van der Waals surface area contributed by atoms with Gasteiger partial charge in [0.1, 0.15) is 5.75 Å². The number of hydrogen-bond acceptors (Lipinski definition) is 3. The predicted octanol–water partition coefficient (Wildman–Crippen LogP) is 1.38. The van der Waals surface area contributed by atoms with Crippen LogP contribution in [-0.2, 0) is 11.2 Å². The van der Waals surface area contributed by atoms with E-state index < -0.39 is 0 Å². The van der Waals surface area contributed by atoms with Crippen LogP contribution in [0.4, 0.5) is 0 Å². The highest BCUT2D eigenvalue weighted by atomic mass is 16.5. The van der Waals surface area contributed by atoms with E-state index in [2.05, 4.69) is 0 Å². The molecule has 0 aliphatic heterocycles. The third-order valence-corrected chi connectivity index (χ3v) is 2.80. The zero-order valence-electron chi connectivity index (χ0n) is 11.3. The maximum atomic E-state index is 11.0. The van der Waals surface area contributed by atoms with Crippen LogP contribution in [0, 0.1) is 12.8 Å². The number of rotatable bonds is 6. The lowest BCUT2D eigenvalue weighted by atomic mass is 10.0. The summed E-state index contributed by atoms with van der Waals surface area (Å²) < 4.78 is 5.74. The molecule has 0 aliphatic rings. The van der Waals surface area contributed by atoms with Crippen LogP contribution in [0.25, 0.3) is 0 Å². The van der Waals surface area contributed by atoms with Gasteiger partial charge in [-0.25, -0.2) is 0 Å². The monoisotopic (exact) mass is 250 g/mol. The second kappa shape index (κ2) is 6.40. The molecule has 1 aromatic carbocycles. The molecule has 1 aromatic rings. The number of nitrogens with two attached hydrogens (primary N) is 2. The van der Waals surface area contributed by atoms with Crippen molar-refractivity contribution in [1.29, 1.82) is 0 Å². The number of benzene rings is 1. The molecule has 4 nitrogen and oxygen atoms in total. The highest BCUT2D eigenvalue weighted by molar-refractivity contribution is 5.76. The zero-order valence-corrected chi connectivity index (χ0v) is 11.3. The fourth-order valence-electron chi connectivity index (χ4n) is 1.72. The van der Waals surface area contributed by atoms with E-state index in [4.69, 9.17) is 16.2 Å². The van der Waals surface area contributed by atoms with Crippen LogP contribution in [0.3, 0.4) is 0 Å². The molecule has 0 aliphatic carbocycles. The summed E-state index contributed by atoms with van der Waals surface area (Å²) in [5, 5.41) is 0. The first-order chi connectivity index (χ1) is 8.41. The minimum Gasteiger partial charge on any atom is -0.492 e. The molecular weight excluding hydrogens is 228 g/mol. The molecular formula is C14H22N2O2. The van der Waals surface area contributed by atoms with Gasteiger partial charge in [0.25, 0.3) is 0 Å². The summed E-state index contributed by atoms with van der Waals surface area (Å²) in [5.74, 6) is 0.174. The van der Waals surface area contributed by atoms with Gasteiger partial charge in [0.05, 0.1) is 12.5 Å². The lowest BCUT2D eigenvalue weighted by Gasteiger charge is -2.17. The number of aryl methyl sites for hydroxylation is 1. The van der Waals surface area contributed by atoms with Crippen LogP contribution >= 0.6 is 0 Å². The maximum absolute atomic E-state index is 11.0. The van der Waals surface area contributed by atoms with Gasteiger partial charge in [-0.3, -0.25) is 4.79 Å². The predicted molar refractivity (Wildman–Crippen MR) is 72.4 cm³/mol. The average Bonchev–Trinajstić information content (AvgIpc) is 2.27. The number of ether oxygens (including phenoxy) is 1. The van der Waals surface area contributed by atoms with Crippen molar-refractivity contribution in [3.05, 3.63) is 29.3 Å². The Balaban J connectivity index is 2.82. The molecule has 0 saturated heterocycles. The molecule has 0 spiro atoms. The van der Waals surface area contributed by atoms with Gasteiger partial charge in [0.15, 0.2) is 0 Å². The molecule has 0 radical (unpaired) electrons. The number of hydrogen-bond donors (Lipinski definition) is 2. The first kappa shape index (κ1) is 14.5. The first-order valence-electron chi connectivity index (χ1n) is 6.18. The SMILES string of the molecule is Cc1cccc(CC(C)N)c1OCC(C)C(N)=O. The van der Waals surface area contributed by atoms with Crippen LogP contribution in [0.2, 0.25) is 0 Å². The van der Waals surface area contributed by atoms with E-state index in [9.17, 15) is 4.79 Å². The van der Waals surface area contributed by atoms with Gasteiger partial charge in [-0.1, -0.05) is 25.1 Å². The summed E-state index contributed by atoms with van der Waals surface area (Å²) >= 11 is 0. The second-order valence-corrected chi connectivity index (χ2v) is 4.86. The molecule has 2 unspecified atom stereocenters. The summed E-state index contributed by atoms with van der Waals surface area (Å²) in [6, 6.07) is 6.04. The third-order valence-electron chi connectivity index (χ3n) is 2.80. The topological polar surface area (TPSA) is 78.3 Å². The molecule has 1 amide bonds. The van der Waals surface area contributed by atoms with Crippen molar-refractivity contribution >= 4 is 5.91 Å². The van der Waals surface area contributed by atoms with Crippen molar-refractivity contribution in [2.24, 2.45) is 17.4 Å². The van der Waals surface area contributed by atoms with Crippen LogP contribution < -0.4 is 16.2 Å². The van der Waals surface area contributed by atoms with Crippen LogP contribution in [0.1, 0.15) is 25.0 Å². The number of carbonyl (C=O) groups excluding carboxylic acids is 1. The smallest absolute Gasteiger partial charge is 0.223 e. The Labute approximate surface area is 108 Å². The molecule has 2 atom stereocenters. The summed E-state index contributed by atoms with van der Waals surface area (Å²) in [6.07, 6.45) is 0.752. The quantitative estimate of drug-likeness (QED) is 0.800. The molecule has 100 valence electrons. The number of para-hydroxylation sites is 1. The van der Waals surface area contributed by atoms with E-state index in [0.29, 0.717) is 6.61 Å². The summed E-state index contributed by atoms with van der Waals surface area (Å²) in [4.78, 5) is 11.0. The Morgan fingerprint density at radius 1 is 1.39 bits per heavy atom. The Morgan fingerprint density at radius 2 is 2.06 bits per heavy atom. The standard InChI is InChI=1S/C14H22N2O2/c1-9-5-4-6-12(7-11(3)15)13(9)18-8-10(2)14(16)17/h4-6,10-11H,7-8,15H2,1-3H3,(H2,16,17). The maximum Gasteiger partial charge on any atom is 0.223 e. The second-order valence-electron chi connectivity index (χ2n) is 4.86. The molecule has 0 aromatic heterocycles. The average molecular weight is 250 g/mol. The van der Waals surface area contributed by atoms with Crippen molar-refractivity contribution in [2.45, 2.75) is 33.2 Å². The lowest BCUT2D eigenvalue weighted by Crippen LogP contribution is -2.26. The Bertz CT molecular complexity index is 416. The van der Waals surface area contributed by atoms with Gasteiger partial charge in [0, 0.05) is 6.04 Å². The van der Waals surface area contributed by atoms with Gasteiger partial charge < -0.3 is 16.2 Å². The molecule has 0 fully saturated rings. The highest BCUT2D eigenvalue weighted by Crippen LogP contribution is 2.25. The number of carbonyl (C=O) groups is 1. The van der Waals surface area contributed by atoms with Gasteiger partial charge in [-0.15, -0.1) is 0 Å². The summed E-state index contributed by atoms with van der Waals surface area (Å²) in [6.45, 7) is 5.99. The molecule has 4 N–H and O–H groups in total. The van der Waals surface area contributed by atoms with E-state index in [0.717, 1.165) is 23.3 Å². The van der Waals surface area contributed by atoms with Crippen molar-refractivity contribution in [3.8, 4) is 5.75 Å². The van der Waals surface area contributed by atoms with Gasteiger partial charge in [-0.2, -0.15) is 0 Å². The van der Waals surface area contributed by atoms with Crippen molar-refractivity contribution in [2.75, 3.05) is 6.61 Å². The minimum absolute atomic E-state index is 0.0720. The third kappa shape index (κ3) is 4.04. The molecule has 0 bridgehead atoms. The molecule has 0 saturated carbocycles. The van der Waals surface area contributed by atoms with Gasteiger partial charge in [-0.05, 0) is 31.4 Å². The van der Waals surface area contributed by atoms with Crippen LogP contribution in [0.15, 0.2) is 18.2 Å². The van der Waals surface area contributed by atoms with E-state index in [1.807, 2.05) is 32.0 Å². The molecule has 18 heavy (non-hydrogen) atoms. The van der Waals surface area contributed by atoms with Gasteiger partial charge in [0.2, 0.25) is 5.91 Å². The normalized spacial score (nSPS) is 14.0. The Morgan fingerprint density at radius 3 is 2.61 bits per heavy atom. The number of primary amides is 1. The Hall–Kier alpha value is -1.55. The van der Waals surface area contributed by atoms with E-state index in [-0.39, 0.29) is 17.9 Å². The minimum atomic E-state index is -0.350. The molecule has 1 rings (SSSR count). The fourth-order valence-corrected chi connectivity index (χ4v) is 1.72. The van der Waals surface area contributed by atoms with Crippen LogP contribution in [-0.4, -0.2) is 18.6 Å². The van der Waals surface area contributed by atoms with E-state index >= 15 is 0 Å². The van der Waals surface area contributed by atoms with E-state index in [1.165, 1.54) is 0 Å². The fraction of sp³-hybridized carbons (Fsp3) is 0.500. The molecule has 4 heteroatoms. The summed E-state index contributed by atoms with van der Waals surface area (Å²) in [7, 11) is 0. The first-order valence-corrected chi connectivity index (χ1v) is 6.18. The largest absolute Gasteiger partial charge is 0.492 e. The molecule has 0 heterocycles. The van der Waals surface area contributed by atoms with Crippen LogP contribution in [0.5, 0.6) is 5.75 Å². The Kier molecular flexibility index (Phi) is 5.16. The van der Waals surface area contributed by atoms with Gasteiger partial charge >= 0.3 is 0 Å². The highest BCUT2D eigenvalue weighted by Gasteiger charge is 2.13. The van der Waals surface area contributed by atoms with Crippen molar-refractivity contribution in [3.63, 3.8) is 0 Å². The zero-order chi connectivity index (χ0) is 13.7. The van der Waals surface area contributed by atoms with Crippen molar-refractivity contribution in [1.82, 2.24) is 0 Å². The van der Waals surface area contributed by atoms with E-state index in [1.54, 1.807) is 6.92 Å². The summed E-state index contributed by atoms with van der Waals surface area (Å²) in [5.41, 5.74) is 13.2. The van der Waals surface area contributed by atoms with Crippen molar-refractivity contribution < 1.29 is 9.53 Å². The lowest BCUT2D eigenvalue weighted by molar-refractivity contribution is -0.122.